The highest BCUT2D eigenvalue weighted by atomic mass is 16.5. The third-order valence-electron chi connectivity index (χ3n) is 3.77. The maximum Gasteiger partial charge on any atom is 0.244 e. The Labute approximate surface area is 120 Å². The normalized spacial score (nSPS) is 20.9. The Bertz CT molecular complexity index is 428. The van der Waals surface area contributed by atoms with E-state index in [2.05, 4.69) is 10.1 Å². The minimum Gasteiger partial charge on any atom is -0.381 e. The van der Waals surface area contributed by atoms with Gasteiger partial charge in [-0.25, -0.2) is 0 Å². The molecule has 6 heteroatoms. The summed E-state index contributed by atoms with van der Waals surface area (Å²) in [5, 5.41) is 4.12. The number of hydrogen-bond acceptors (Lipinski definition) is 6. The topological polar surface area (TPSA) is 83.4 Å². The van der Waals surface area contributed by atoms with Gasteiger partial charge in [0.15, 0.2) is 0 Å². The van der Waals surface area contributed by atoms with E-state index in [1.807, 2.05) is 27.7 Å². The minimum atomic E-state index is -0.494. The molecule has 0 radical (unpaired) electrons. The van der Waals surface area contributed by atoms with Crippen LogP contribution in [0.5, 0.6) is 0 Å². The fraction of sp³-hybridized carbons (Fsp3) is 0.857. The molecule has 114 valence electrons. The Balaban J connectivity index is 2.25. The zero-order valence-electron chi connectivity index (χ0n) is 12.8. The molecule has 1 saturated heterocycles. The molecule has 1 fully saturated rings. The van der Waals surface area contributed by atoms with Gasteiger partial charge < -0.3 is 19.7 Å². The van der Waals surface area contributed by atoms with Crippen LogP contribution in [0.4, 0.5) is 0 Å². The van der Waals surface area contributed by atoms with Gasteiger partial charge in [0.2, 0.25) is 11.7 Å². The van der Waals surface area contributed by atoms with Gasteiger partial charge in [0.25, 0.3) is 0 Å². The lowest BCUT2D eigenvalue weighted by Crippen LogP contribution is -2.38. The largest absolute Gasteiger partial charge is 0.381 e. The molecule has 2 heterocycles. The second kappa shape index (κ2) is 5.79. The summed E-state index contributed by atoms with van der Waals surface area (Å²) in [5.74, 6) is 1.07. The monoisotopic (exact) mass is 283 g/mol. The maximum absolute atomic E-state index is 6.17. The lowest BCUT2D eigenvalue weighted by Gasteiger charge is -2.33. The highest BCUT2D eigenvalue weighted by Gasteiger charge is 2.41. The van der Waals surface area contributed by atoms with Crippen molar-refractivity contribution >= 4 is 0 Å². The van der Waals surface area contributed by atoms with E-state index >= 15 is 0 Å². The molecule has 0 aliphatic carbocycles. The number of ether oxygens (including phenoxy) is 2. The van der Waals surface area contributed by atoms with Crippen molar-refractivity contribution in [3.05, 3.63) is 11.7 Å². The minimum absolute atomic E-state index is 0.127. The fourth-order valence-corrected chi connectivity index (χ4v) is 2.33. The van der Waals surface area contributed by atoms with Gasteiger partial charge in [0, 0.05) is 32.7 Å². The van der Waals surface area contributed by atoms with Gasteiger partial charge in [0.05, 0.1) is 6.04 Å². The number of nitrogens with two attached hydrogens (primary N) is 1. The van der Waals surface area contributed by atoms with Crippen LogP contribution in [0.1, 0.15) is 58.3 Å². The molecule has 0 amide bonds. The van der Waals surface area contributed by atoms with Crippen molar-refractivity contribution < 1.29 is 14.0 Å². The van der Waals surface area contributed by atoms with Gasteiger partial charge in [-0.1, -0.05) is 25.9 Å². The van der Waals surface area contributed by atoms with E-state index in [4.69, 9.17) is 19.7 Å². The highest BCUT2D eigenvalue weighted by Crippen LogP contribution is 2.36. The van der Waals surface area contributed by atoms with Crippen LogP contribution in [-0.2, 0) is 15.1 Å². The highest BCUT2D eigenvalue weighted by molar-refractivity contribution is 5.06. The first-order valence-corrected chi connectivity index (χ1v) is 7.20. The average Bonchev–Trinajstić information content (AvgIpc) is 2.88. The standard InChI is InChI=1S/C14H25N3O3/c1-5-19-14(6-8-18-9-7-14)12-16-11(20-17-12)10(15)13(2,3)4/h10H,5-9,15H2,1-4H3/t10-/m1/s1. The molecule has 1 aromatic heterocycles. The van der Waals surface area contributed by atoms with Crippen LogP contribution in [0.25, 0.3) is 0 Å². The molecular weight excluding hydrogens is 258 g/mol. The van der Waals surface area contributed by atoms with Crippen LogP contribution in [-0.4, -0.2) is 30.0 Å². The van der Waals surface area contributed by atoms with Gasteiger partial charge in [-0.05, 0) is 12.3 Å². The molecular formula is C14H25N3O3. The third kappa shape index (κ3) is 3.02. The lowest BCUT2D eigenvalue weighted by molar-refractivity contribution is -0.118. The van der Waals surface area contributed by atoms with Crippen molar-refractivity contribution in [2.75, 3.05) is 19.8 Å². The summed E-state index contributed by atoms with van der Waals surface area (Å²) in [6, 6.07) is -0.290. The van der Waals surface area contributed by atoms with E-state index in [1.54, 1.807) is 0 Å². The van der Waals surface area contributed by atoms with Crippen molar-refractivity contribution in [2.45, 2.75) is 52.2 Å². The summed E-state index contributed by atoms with van der Waals surface area (Å²) in [6.45, 7) is 10.0. The van der Waals surface area contributed by atoms with Crippen LogP contribution in [0.15, 0.2) is 4.52 Å². The first kappa shape index (κ1) is 15.4. The summed E-state index contributed by atoms with van der Waals surface area (Å²) in [4.78, 5) is 4.51. The van der Waals surface area contributed by atoms with E-state index in [0.29, 0.717) is 31.5 Å². The third-order valence-corrected chi connectivity index (χ3v) is 3.77. The molecule has 2 rings (SSSR count). The molecule has 1 aromatic rings. The Hall–Kier alpha value is -0.980. The average molecular weight is 283 g/mol. The SMILES string of the molecule is CCOC1(c2noc([C@@H](N)C(C)(C)C)n2)CCOCC1. The van der Waals surface area contributed by atoms with Crippen LogP contribution in [0, 0.1) is 5.41 Å². The van der Waals surface area contributed by atoms with E-state index in [9.17, 15) is 0 Å². The summed E-state index contributed by atoms with van der Waals surface area (Å²) in [7, 11) is 0. The molecule has 0 saturated carbocycles. The fourth-order valence-electron chi connectivity index (χ4n) is 2.33. The van der Waals surface area contributed by atoms with Gasteiger partial charge in [0.1, 0.15) is 5.60 Å². The van der Waals surface area contributed by atoms with E-state index < -0.39 is 5.60 Å². The molecule has 0 bridgehead atoms. The second-order valence-electron chi connectivity index (χ2n) is 6.34. The van der Waals surface area contributed by atoms with Crippen LogP contribution in [0.2, 0.25) is 0 Å². The summed E-state index contributed by atoms with van der Waals surface area (Å²) in [6.07, 6.45) is 1.48. The van der Waals surface area contributed by atoms with Crippen molar-refractivity contribution in [2.24, 2.45) is 11.1 Å². The molecule has 2 N–H and O–H groups in total. The summed E-state index contributed by atoms with van der Waals surface area (Å²) >= 11 is 0. The first-order chi connectivity index (χ1) is 9.39. The molecule has 6 nitrogen and oxygen atoms in total. The molecule has 1 atom stereocenters. The molecule has 0 aromatic carbocycles. The van der Waals surface area contributed by atoms with Crippen LogP contribution in [0.3, 0.4) is 0 Å². The molecule has 1 aliphatic rings. The Kier molecular flexibility index (Phi) is 4.46. The van der Waals surface area contributed by atoms with Gasteiger partial charge in [-0.15, -0.1) is 0 Å². The smallest absolute Gasteiger partial charge is 0.244 e. The second-order valence-corrected chi connectivity index (χ2v) is 6.34. The zero-order chi connectivity index (χ0) is 14.8. The van der Waals surface area contributed by atoms with Crippen molar-refractivity contribution in [1.82, 2.24) is 10.1 Å². The number of hydrogen-bond donors (Lipinski definition) is 1. The summed E-state index contributed by atoms with van der Waals surface area (Å²) in [5.41, 5.74) is 5.55. The van der Waals surface area contributed by atoms with E-state index in [1.165, 1.54) is 0 Å². The quantitative estimate of drug-likeness (QED) is 0.911. The van der Waals surface area contributed by atoms with E-state index in [-0.39, 0.29) is 11.5 Å². The molecule has 20 heavy (non-hydrogen) atoms. The Morgan fingerprint density at radius 2 is 2.00 bits per heavy atom. The number of rotatable bonds is 4. The van der Waals surface area contributed by atoms with Gasteiger partial charge in [-0.3, -0.25) is 0 Å². The van der Waals surface area contributed by atoms with Crippen molar-refractivity contribution in [3.63, 3.8) is 0 Å². The zero-order valence-corrected chi connectivity index (χ0v) is 12.8. The van der Waals surface area contributed by atoms with Crippen molar-refractivity contribution in [3.8, 4) is 0 Å². The maximum atomic E-state index is 6.17. The number of aromatic nitrogens is 2. The van der Waals surface area contributed by atoms with Crippen LogP contribution < -0.4 is 5.73 Å². The van der Waals surface area contributed by atoms with Gasteiger partial charge >= 0.3 is 0 Å². The predicted molar refractivity (Wildman–Crippen MR) is 74.0 cm³/mol. The lowest BCUT2D eigenvalue weighted by atomic mass is 9.87. The van der Waals surface area contributed by atoms with Crippen LogP contribution >= 0.6 is 0 Å². The Morgan fingerprint density at radius 1 is 1.35 bits per heavy atom. The molecule has 0 spiro atoms. The Morgan fingerprint density at radius 3 is 2.55 bits per heavy atom. The number of nitrogens with zero attached hydrogens (tertiary/aromatic N) is 2. The molecule has 0 unspecified atom stereocenters. The predicted octanol–water partition coefficient (Wildman–Crippen LogP) is 2.16. The van der Waals surface area contributed by atoms with E-state index in [0.717, 1.165) is 12.8 Å². The van der Waals surface area contributed by atoms with Crippen molar-refractivity contribution in [1.29, 1.82) is 0 Å². The van der Waals surface area contributed by atoms with Gasteiger partial charge in [-0.2, -0.15) is 4.98 Å². The molecule has 1 aliphatic heterocycles. The first-order valence-electron chi connectivity index (χ1n) is 7.20. The summed E-state index contributed by atoms with van der Waals surface area (Å²) < 4.78 is 16.7.